The van der Waals surface area contributed by atoms with Crippen molar-refractivity contribution >= 4 is 0 Å². The van der Waals surface area contributed by atoms with Crippen molar-refractivity contribution in [1.82, 2.24) is 0 Å². The molecule has 0 saturated carbocycles. The van der Waals surface area contributed by atoms with Gasteiger partial charge in [0, 0.05) is 0 Å². The fourth-order valence-electron chi connectivity index (χ4n) is 1.09. The van der Waals surface area contributed by atoms with Crippen LogP contribution in [0, 0.1) is 5.41 Å². The molecule has 0 rings (SSSR count). The predicted octanol–water partition coefficient (Wildman–Crippen LogP) is 0.313. The second-order valence-corrected chi connectivity index (χ2v) is 2.91. The average Bonchev–Trinajstić information content (AvgIpc) is 1.67. The molecule has 0 atom stereocenters. The second kappa shape index (κ2) is 3.63. The van der Waals surface area contributed by atoms with E-state index in [2.05, 4.69) is 0 Å². The van der Waals surface area contributed by atoms with Crippen molar-refractivity contribution in [3.05, 3.63) is 0 Å². The normalized spacial score (nSPS) is 16.2. The van der Waals surface area contributed by atoms with Gasteiger partial charge in [-0.1, -0.05) is 0 Å². The molecule has 4 nitrogen and oxygen atoms in total. The smallest absolute Gasteiger partial charge is 0.335 e. The molecule has 0 radical (unpaired) electrons. The van der Waals surface area contributed by atoms with Crippen LogP contribution in [-0.4, -0.2) is 44.9 Å². The van der Waals surface area contributed by atoms with Crippen molar-refractivity contribution in [3.8, 4) is 0 Å². The summed E-state index contributed by atoms with van der Waals surface area (Å²) in [6.07, 6.45) is -26.9. The Morgan fingerprint density at radius 2 is 0.529 bits per heavy atom. The van der Waals surface area contributed by atoms with Gasteiger partial charge < -0.3 is 20.4 Å². The molecule has 0 aromatic heterocycles. The van der Waals surface area contributed by atoms with E-state index in [9.17, 15) is 35.1 Å². The minimum absolute atomic E-state index is 6.73. The third-order valence-electron chi connectivity index (χ3n) is 1.80. The highest BCUT2D eigenvalue weighted by Gasteiger charge is 2.91. The van der Waals surface area contributed by atoms with Crippen LogP contribution in [0.5, 0.6) is 0 Å². The summed E-state index contributed by atoms with van der Waals surface area (Å²) < 4.78 is 97.3. The van der Waals surface area contributed by atoms with E-state index in [0.717, 1.165) is 0 Å². The van der Waals surface area contributed by atoms with Gasteiger partial charge in [0.15, 0.2) is 0 Å². The lowest BCUT2D eigenvalue weighted by molar-refractivity contribution is -0.544. The first kappa shape index (κ1) is 16.3. The van der Waals surface area contributed by atoms with Crippen molar-refractivity contribution in [2.45, 2.75) is 24.4 Å². The number of hydrogen-bond donors (Lipinski definition) is 4. The van der Waals surface area contributed by atoms with E-state index in [1.807, 2.05) is 0 Å². The van der Waals surface area contributed by atoms with E-state index in [4.69, 9.17) is 20.4 Å². The first-order valence-corrected chi connectivity index (χ1v) is 3.41. The molecule has 0 unspecified atom stereocenters. The van der Waals surface area contributed by atoms with Crippen LogP contribution in [0.1, 0.15) is 0 Å². The molecule has 17 heavy (non-hydrogen) atoms. The van der Waals surface area contributed by atoms with Crippen LogP contribution in [0.15, 0.2) is 0 Å². The van der Waals surface area contributed by atoms with Crippen LogP contribution in [0.2, 0.25) is 0 Å². The minimum atomic E-state index is -6.86. The zero-order valence-electron chi connectivity index (χ0n) is 7.31. The maximum atomic E-state index is 12.2. The summed E-state index contributed by atoms with van der Waals surface area (Å²) in [6.45, 7) is 0. The summed E-state index contributed by atoms with van der Waals surface area (Å²) in [5, 5.41) is 30.7. The fraction of sp³-hybridized carbons (Fsp3) is 1.00. The van der Waals surface area contributed by atoms with Gasteiger partial charge in [-0.25, -0.2) is 0 Å². The zero-order chi connectivity index (χ0) is 14.5. The van der Waals surface area contributed by atoms with Gasteiger partial charge in [0.05, 0.1) is 0 Å². The standard InChI is InChI=1S/C5H4F8O4/c6-2(7,14)1(3(8,9)15,4(10,11)16)5(12,13)17/h14-17H. The van der Waals surface area contributed by atoms with E-state index in [1.54, 1.807) is 0 Å². The third kappa shape index (κ3) is 2.17. The van der Waals surface area contributed by atoms with E-state index < -0.39 is 29.8 Å². The van der Waals surface area contributed by atoms with Crippen LogP contribution < -0.4 is 0 Å². The molecule has 0 spiro atoms. The maximum Gasteiger partial charge on any atom is 0.385 e. The monoisotopic (exact) mass is 280 g/mol. The first-order valence-electron chi connectivity index (χ1n) is 3.41. The summed E-state index contributed by atoms with van der Waals surface area (Å²) in [7, 11) is 0. The predicted molar refractivity (Wildman–Crippen MR) is 31.1 cm³/mol. The Hall–Kier alpha value is -0.720. The Morgan fingerprint density at radius 3 is 0.529 bits per heavy atom. The molecular weight excluding hydrogens is 276 g/mol. The highest BCUT2D eigenvalue weighted by atomic mass is 19.3. The third-order valence-corrected chi connectivity index (χ3v) is 1.80. The molecular formula is C5H4F8O4. The zero-order valence-corrected chi connectivity index (χ0v) is 7.31. The largest absolute Gasteiger partial charge is 0.385 e. The topological polar surface area (TPSA) is 80.9 Å². The summed E-state index contributed by atoms with van der Waals surface area (Å²) >= 11 is 0. The summed E-state index contributed by atoms with van der Waals surface area (Å²) in [5.41, 5.74) is -6.86. The van der Waals surface area contributed by atoms with Crippen molar-refractivity contribution < 1.29 is 55.5 Å². The molecule has 0 heterocycles. The summed E-state index contributed by atoms with van der Waals surface area (Å²) in [5.74, 6) is 0. The lowest BCUT2D eigenvalue weighted by atomic mass is 9.81. The van der Waals surface area contributed by atoms with Crippen molar-refractivity contribution in [3.63, 3.8) is 0 Å². The molecule has 0 bridgehead atoms. The molecule has 0 amide bonds. The Labute approximate surface area is 86.7 Å². The Balaban J connectivity index is 6.37. The Morgan fingerprint density at radius 1 is 0.412 bits per heavy atom. The maximum absolute atomic E-state index is 12.2. The van der Waals surface area contributed by atoms with Crippen LogP contribution in [0.4, 0.5) is 35.1 Å². The van der Waals surface area contributed by atoms with Gasteiger partial charge in [-0.2, -0.15) is 35.1 Å². The molecule has 0 aliphatic rings. The Bertz CT molecular complexity index is 219. The van der Waals surface area contributed by atoms with Crippen LogP contribution in [-0.2, 0) is 0 Å². The Kier molecular flexibility index (Phi) is 3.48. The van der Waals surface area contributed by atoms with Crippen molar-refractivity contribution in [2.75, 3.05) is 0 Å². The molecule has 4 N–H and O–H groups in total. The van der Waals surface area contributed by atoms with E-state index in [-0.39, 0.29) is 0 Å². The lowest BCUT2D eigenvalue weighted by Gasteiger charge is -2.43. The number of rotatable bonds is 4. The molecule has 0 aliphatic heterocycles. The quantitative estimate of drug-likeness (QED) is 0.559. The number of halogens is 8. The second-order valence-electron chi connectivity index (χ2n) is 2.91. The highest BCUT2D eigenvalue weighted by molar-refractivity contribution is 5.03. The molecule has 0 aliphatic carbocycles. The fourth-order valence-corrected chi connectivity index (χ4v) is 1.09. The van der Waals surface area contributed by atoms with Crippen molar-refractivity contribution in [2.24, 2.45) is 5.41 Å². The average molecular weight is 280 g/mol. The van der Waals surface area contributed by atoms with Crippen LogP contribution in [0.3, 0.4) is 0 Å². The molecule has 0 aromatic rings. The van der Waals surface area contributed by atoms with Gasteiger partial charge in [0.1, 0.15) is 0 Å². The summed E-state index contributed by atoms with van der Waals surface area (Å²) in [4.78, 5) is 0. The molecule has 0 aromatic carbocycles. The van der Waals surface area contributed by atoms with Gasteiger partial charge in [-0.3, -0.25) is 0 Å². The van der Waals surface area contributed by atoms with Crippen molar-refractivity contribution in [1.29, 1.82) is 0 Å². The SMILES string of the molecule is OC(F)(F)C(C(O)(F)F)(C(O)(F)F)C(O)(F)F. The minimum Gasteiger partial charge on any atom is -0.335 e. The number of aliphatic hydroxyl groups is 4. The lowest BCUT2D eigenvalue weighted by Crippen LogP contribution is -2.72. The first-order chi connectivity index (χ1) is 7.00. The molecule has 12 heteroatoms. The van der Waals surface area contributed by atoms with Gasteiger partial charge in [-0.15, -0.1) is 0 Å². The van der Waals surface area contributed by atoms with Crippen LogP contribution in [0.25, 0.3) is 0 Å². The van der Waals surface area contributed by atoms with Gasteiger partial charge >= 0.3 is 29.8 Å². The van der Waals surface area contributed by atoms with Crippen LogP contribution >= 0.6 is 0 Å². The van der Waals surface area contributed by atoms with Gasteiger partial charge in [-0.05, 0) is 0 Å². The van der Waals surface area contributed by atoms with Gasteiger partial charge in [0.2, 0.25) is 0 Å². The number of hydrogen-bond acceptors (Lipinski definition) is 4. The van der Waals surface area contributed by atoms with E-state index >= 15 is 0 Å². The summed E-state index contributed by atoms with van der Waals surface area (Å²) in [6, 6.07) is 0. The molecule has 0 saturated heterocycles. The van der Waals surface area contributed by atoms with Gasteiger partial charge in [0.25, 0.3) is 0 Å². The highest BCUT2D eigenvalue weighted by Crippen LogP contribution is 2.61. The number of alkyl halides is 8. The molecule has 104 valence electrons. The molecule has 0 fully saturated rings. The van der Waals surface area contributed by atoms with E-state index in [0.29, 0.717) is 0 Å². The van der Waals surface area contributed by atoms with E-state index in [1.165, 1.54) is 0 Å².